The van der Waals surface area contributed by atoms with E-state index in [1.54, 1.807) is 0 Å². The minimum Gasteiger partial charge on any atom is -0.373 e. The third-order valence-corrected chi connectivity index (χ3v) is 4.87. The van der Waals surface area contributed by atoms with Crippen LogP contribution in [0.4, 0.5) is 15.8 Å². The fourth-order valence-corrected chi connectivity index (χ4v) is 3.50. The summed E-state index contributed by atoms with van der Waals surface area (Å²) in [6, 6.07) is 10.6. The molecule has 2 atom stereocenters. The van der Waals surface area contributed by atoms with Crippen LogP contribution in [-0.2, 0) is 16.0 Å². The maximum absolute atomic E-state index is 14.0. The SMILES string of the molecule is Cc1cc(F)c2c(c1)NC(C(=O)Nc1ccc(C3CNCCO3)cc1)C2. The van der Waals surface area contributed by atoms with E-state index < -0.39 is 6.04 Å². The summed E-state index contributed by atoms with van der Waals surface area (Å²) in [5, 5.41) is 9.32. The van der Waals surface area contributed by atoms with Gasteiger partial charge < -0.3 is 20.7 Å². The molecule has 2 aromatic carbocycles. The minimum atomic E-state index is -0.466. The minimum absolute atomic E-state index is 0.0470. The van der Waals surface area contributed by atoms with E-state index >= 15 is 0 Å². The van der Waals surface area contributed by atoms with Gasteiger partial charge in [0.15, 0.2) is 0 Å². The van der Waals surface area contributed by atoms with Crippen molar-refractivity contribution in [3.63, 3.8) is 0 Å². The van der Waals surface area contributed by atoms with Crippen LogP contribution in [0.25, 0.3) is 0 Å². The maximum Gasteiger partial charge on any atom is 0.247 e. The van der Waals surface area contributed by atoms with Crippen LogP contribution in [0.2, 0.25) is 0 Å². The fourth-order valence-electron chi connectivity index (χ4n) is 3.50. The second-order valence-corrected chi connectivity index (χ2v) is 6.85. The van der Waals surface area contributed by atoms with E-state index in [1.165, 1.54) is 6.07 Å². The van der Waals surface area contributed by atoms with Gasteiger partial charge in [0.25, 0.3) is 0 Å². The number of rotatable bonds is 3. The zero-order valence-electron chi connectivity index (χ0n) is 14.6. The largest absolute Gasteiger partial charge is 0.373 e. The standard InChI is InChI=1S/C20H22FN3O2/c1-12-8-16(21)15-10-18(24-17(15)9-12)20(25)23-14-4-2-13(3-5-14)19-11-22-6-7-26-19/h2-5,8-9,18-19,22,24H,6-7,10-11H2,1H3,(H,23,25). The lowest BCUT2D eigenvalue weighted by molar-refractivity contribution is -0.116. The molecule has 6 heteroatoms. The predicted molar refractivity (Wildman–Crippen MR) is 98.9 cm³/mol. The van der Waals surface area contributed by atoms with Gasteiger partial charge >= 0.3 is 0 Å². The third kappa shape index (κ3) is 3.43. The zero-order valence-corrected chi connectivity index (χ0v) is 14.6. The summed E-state index contributed by atoms with van der Waals surface area (Å²) < 4.78 is 19.8. The molecule has 1 amide bonds. The van der Waals surface area contributed by atoms with Crippen molar-refractivity contribution in [1.29, 1.82) is 0 Å². The molecule has 2 aliphatic rings. The number of morpholine rings is 1. The van der Waals surface area contributed by atoms with Gasteiger partial charge in [-0.15, -0.1) is 0 Å². The third-order valence-electron chi connectivity index (χ3n) is 4.87. The molecule has 4 rings (SSSR count). The van der Waals surface area contributed by atoms with Crippen molar-refractivity contribution in [2.45, 2.75) is 25.5 Å². The lowest BCUT2D eigenvalue weighted by Gasteiger charge is -2.24. The van der Waals surface area contributed by atoms with Gasteiger partial charge in [-0.25, -0.2) is 4.39 Å². The Morgan fingerprint density at radius 3 is 2.81 bits per heavy atom. The molecule has 2 aliphatic heterocycles. The summed E-state index contributed by atoms with van der Waals surface area (Å²) in [5.74, 6) is -0.421. The molecule has 0 radical (unpaired) electrons. The van der Waals surface area contributed by atoms with Crippen LogP contribution in [0, 0.1) is 12.7 Å². The van der Waals surface area contributed by atoms with Crippen molar-refractivity contribution < 1.29 is 13.9 Å². The highest BCUT2D eigenvalue weighted by Crippen LogP contribution is 2.30. The van der Waals surface area contributed by atoms with Gasteiger partial charge in [0.1, 0.15) is 11.9 Å². The highest BCUT2D eigenvalue weighted by Gasteiger charge is 2.29. The van der Waals surface area contributed by atoms with Gasteiger partial charge in [0.05, 0.1) is 12.7 Å². The number of fused-ring (bicyclic) bond motifs is 1. The molecular formula is C20H22FN3O2. The molecule has 0 aliphatic carbocycles. The topological polar surface area (TPSA) is 62.4 Å². The quantitative estimate of drug-likeness (QED) is 0.792. The second kappa shape index (κ2) is 7.05. The summed E-state index contributed by atoms with van der Waals surface area (Å²) in [6.45, 7) is 4.21. The number of hydrogen-bond donors (Lipinski definition) is 3. The van der Waals surface area contributed by atoms with Gasteiger partial charge in [-0.1, -0.05) is 12.1 Å². The first-order valence-corrected chi connectivity index (χ1v) is 8.89. The lowest BCUT2D eigenvalue weighted by Crippen LogP contribution is -2.33. The molecule has 0 saturated carbocycles. The van der Waals surface area contributed by atoms with E-state index in [2.05, 4.69) is 16.0 Å². The zero-order chi connectivity index (χ0) is 18.1. The summed E-state index contributed by atoms with van der Waals surface area (Å²) in [6.07, 6.45) is 0.401. The van der Waals surface area contributed by atoms with Crippen molar-refractivity contribution in [1.82, 2.24) is 5.32 Å². The van der Waals surface area contributed by atoms with Crippen LogP contribution in [0.15, 0.2) is 36.4 Å². The molecule has 1 fully saturated rings. The van der Waals surface area contributed by atoms with E-state index in [0.717, 1.165) is 29.9 Å². The molecule has 26 heavy (non-hydrogen) atoms. The molecular weight excluding hydrogens is 333 g/mol. The van der Waals surface area contributed by atoms with Crippen LogP contribution < -0.4 is 16.0 Å². The molecule has 136 valence electrons. The first kappa shape index (κ1) is 17.0. The number of halogens is 1. The van der Waals surface area contributed by atoms with Gasteiger partial charge in [0, 0.05) is 36.4 Å². The lowest BCUT2D eigenvalue weighted by atomic mass is 10.1. The van der Waals surface area contributed by atoms with E-state index in [-0.39, 0.29) is 17.8 Å². The van der Waals surface area contributed by atoms with Gasteiger partial charge in [-0.3, -0.25) is 4.79 Å². The molecule has 0 bridgehead atoms. The number of hydrogen-bond acceptors (Lipinski definition) is 4. The Labute approximate surface area is 151 Å². The van der Waals surface area contributed by atoms with E-state index in [0.29, 0.717) is 24.3 Å². The van der Waals surface area contributed by atoms with Gasteiger partial charge in [-0.05, 0) is 42.3 Å². The predicted octanol–water partition coefficient (Wildman–Crippen LogP) is 2.77. The number of carbonyl (C=O) groups excluding carboxylic acids is 1. The second-order valence-electron chi connectivity index (χ2n) is 6.85. The van der Waals surface area contributed by atoms with Crippen molar-refractivity contribution in [2.75, 3.05) is 30.3 Å². The molecule has 2 heterocycles. The Balaban J connectivity index is 1.40. The van der Waals surface area contributed by atoms with Gasteiger partial charge in [-0.2, -0.15) is 0 Å². The van der Waals surface area contributed by atoms with Crippen LogP contribution in [0.3, 0.4) is 0 Å². The molecule has 5 nitrogen and oxygen atoms in total. The number of amides is 1. The number of anilines is 2. The highest BCUT2D eigenvalue weighted by atomic mass is 19.1. The number of benzene rings is 2. The maximum atomic E-state index is 14.0. The molecule has 1 saturated heterocycles. The Bertz CT molecular complexity index is 817. The number of nitrogens with one attached hydrogen (secondary N) is 3. The van der Waals surface area contributed by atoms with Crippen molar-refractivity contribution in [2.24, 2.45) is 0 Å². The normalized spacial score (nSPS) is 21.8. The first-order chi connectivity index (χ1) is 12.6. The molecule has 2 aromatic rings. The Hall–Kier alpha value is -2.44. The first-order valence-electron chi connectivity index (χ1n) is 8.89. The molecule has 3 N–H and O–H groups in total. The molecule has 0 spiro atoms. The van der Waals surface area contributed by atoms with E-state index in [9.17, 15) is 9.18 Å². The van der Waals surface area contributed by atoms with Gasteiger partial charge in [0.2, 0.25) is 5.91 Å². The smallest absolute Gasteiger partial charge is 0.247 e. The average molecular weight is 355 g/mol. The van der Waals surface area contributed by atoms with Crippen LogP contribution in [-0.4, -0.2) is 31.6 Å². The highest BCUT2D eigenvalue weighted by molar-refractivity contribution is 5.98. The number of aryl methyl sites for hydroxylation is 1. The molecule has 0 aromatic heterocycles. The van der Waals surface area contributed by atoms with Crippen molar-refractivity contribution >= 4 is 17.3 Å². The Kier molecular flexibility index (Phi) is 4.61. The van der Waals surface area contributed by atoms with Crippen LogP contribution in [0.1, 0.15) is 22.8 Å². The number of ether oxygens (including phenoxy) is 1. The summed E-state index contributed by atoms with van der Waals surface area (Å²) in [5.41, 5.74) is 3.92. The van der Waals surface area contributed by atoms with Crippen LogP contribution in [0.5, 0.6) is 0 Å². The van der Waals surface area contributed by atoms with Crippen molar-refractivity contribution in [3.05, 3.63) is 58.9 Å². The Morgan fingerprint density at radius 1 is 1.27 bits per heavy atom. The summed E-state index contributed by atoms with van der Waals surface area (Å²) in [7, 11) is 0. The van der Waals surface area contributed by atoms with E-state index in [1.807, 2.05) is 37.3 Å². The fraction of sp³-hybridized carbons (Fsp3) is 0.350. The van der Waals surface area contributed by atoms with Crippen molar-refractivity contribution in [3.8, 4) is 0 Å². The van der Waals surface area contributed by atoms with E-state index in [4.69, 9.17) is 4.74 Å². The molecule has 2 unspecified atom stereocenters. The monoisotopic (exact) mass is 355 g/mol. The summed E-state index contributed by atoms with van der Waals surface area (Å²) >= 11 is 0. The number of carbonyl (C=O) groups is 1. The van der Waals surface area contributed by atoms with Crippen LogP contribution >= 0.6 is 0 Å². The summed E-state index contributed by atoms with van der Waals surface area (Å²) in [4.78, 5) is 12.5. The Morgan fingerprint density at radius 2 is 2.08 bits per heavy atom. The average Bonchev–Trinajstić information content (AvgIpc) is 3.08.